The molecular weight excluding hydrogens is 450 g/mol. The lowest BCUT2D eigenvalue weighted by atomic mass is 9.69. The molecule has 0 spiro atoms. The molecule has 1 aliphatic carbocycles. The molecule has 174 valence electrons. The first-order valence-corrected chi connectivity index (χ1v) is 12.2. The van der Waals surface area contributed by atoms with Gasteiger partial charge in [-0.25, -0.2) is 4.79 Å². The smallest absolute Gasteiger partial charge is 0.336 e. The van der Waals surface area contributed by atoms with Gasteiger partial charge < -0.3 is 14.5 Å². The second-order valence-corrected chi connectivity index (χ2v) is 9.98. The zero-order valence-corrected chi connectivity index (χ0v) is 20.0. The first kappa shape index (κ1) is 22.3. The highest BCUT2D eigenvalue weighted by atomic mass is 32.1. The van der Waals surface area contributed by atoms with Gasteiger partial charge in [0, 0.05) is 40.1 Å². The SMILES string of the molecule is CC1=C(C(=O)OC(C)C)C(c2coc3ccccc3c2=O)C2C(=O)CC(c3cccs3)C=C2N1. The summed E-state index contributed by atoms with van der Waals surface area (Å²) in [6.07, 6.45) is 3.41. The Bertz CT molecular complexity index is 1400. The van der Waals surface area contributed by atoms with E-state index in [-0.39, 0.29) is 28.8 Å². The molecule has 3 aromatic rings. The number of Topliss-reactive ketones (excluding diaryl/α,β-unsaturated/α-hetero) is 1. The molecule has 34 heavy (non-hydrogen) atoms. The monoisotopic (exact) mass is 475 g/mol. The van der Waals surface area contributed by atoms with Crippen molar-refractivity contribution in [3.63, 3.8) is 0 Å². The summed E-state index contributed by atoms with van der Waals surface area (Å²) in [5, 5.41) is 5.70. The molecule has 7 heteroatoms. The molecule has 1 aliphatic heterocycles. The van der Waals surface area contributed by atoms with Crippen molar-refractivity contribution in [1.82, 2.24) is 5.32 Å². The zero-order chi connectivity index (χ0) is 24.0. The summed E-state index contributed by atoms with van der Waals surface area (Å²) in [6, 6.07) is 11.0. The number of fused-ring (bicyclic) bond motifs is 2. The molecule has 0 saturated carbocycles. The molecule has 0 radical (unpaired) electrons. The Morgan fingerprint density at radius 2 is 1.94 bits per heavy atom. The maximum absolute atomic E-state index is 13.6. The normalized spacial score (nSPS) is 22.4. The van der Waals surface area contributed by atoms with Crippen LogP contribution in [0.15, 0.2) is 80.3 Å². The van der Waals surface area contributed by atoms with Crippen LogP contribution in [0.25, 0.3) is 11.0 Å². The van der Waals surface area contributed by atoms with Gasteiger partial charge in [0.2, 0.25) is 0 Å². The zero-order valence-electron chi connectivity index (χ0n) is 19.2. The number of esters is 1. The van der Waals surface area contributed by atoms with Crippen molar-refractivity contribution in [2.24, 2.45) is 5.92 Å². The Hall–Kier alpha value is -3.45. The third-order valence-corrected chi connectivity index (χ3v) is 7.38. The van der Waals surface area contributed by atoms with E-state index in [0.717, 1.165) is 4.88 Å². The van der Waals surface area contributed by atoms with Crippen LogP contribution in [-0.4, -0.2) is 17.9 Å². The number of rotatable bonds is 4. The summed E-state index contributed by atoms with van der Waals surface area (Å²) in [6.45, 7) is 5.32. The summed E-state index contributed by atoms with van der Waals surface area (Å²) in [5.74, 6) is -2.10. The summed E-state index contributed by atoms with van der Waals surface area (Å²) >= 11 is 1.61. The van der Waals surface area contributed by atoms with Crippen molar-refractivity contribution in [1.29, 1.82) is 0 Å². The molecule has 0 amide bonds. The molecule has 1 N–H and O–H groups in total. The number of nitrogens with one attached hydrogen (secondary N) is 1. The summed E-state index contributed by atoms with van der Waals surface area (Å²) in [7, 11) is 0. The minimum absolute atomic E-state index is 0.0247. The Kier molecular flexibility index (Phi) is 5.73. The molecule has 1 aromatic carbocycles. The van der Waals surface area contributed by atoms with Gasteiger partial charge in [-0.3, -0.25) is 9.59 Å². The predicted octanol–water partition coefficient (Wildman–Crippen LogP) is 5.02. The van der Waals surface area contributed by atoms with Crippen molar-refractivity contribution in [3.05, 3.63) is 91.7 Å². The van der Waals surface area contributed by atoms with Gasteiger partial charge in [-0.1, -0.05) is 24.3 Å². The predicted molar refractivity (Wildman–Crippen MR) is 131 cm³/mol. The van der Waals surface area contributed by atoms with E-state index in [1.807, 2.05) is 17.5 Å². The highest BCUT2D eigenvalue weighted by molar-refractivity contribution is 7.10. The van der Waals surface area contributed by atoms with Crippen LogP contribution in [0.4, 0.5) is 0 Å². The maximum atomic E-state index is 13.6. The van der Waals surface area contributed by atoms with Crippen LogP contribution in [0, 0.1) is 5.92 Å². The highest BCUT2D eigenvalue weighted by Crippen LogP contribution is 2.46. The molecule has 0 bridgehead atoms. The van der Waals surface area contributed by atoms with Gasteiger partial charge in [0.15, 0.2) is 5.43 Å². The Morgan fingerprint density at radius 3 is 2.68 bits per heavy atom. The Balaban J connectivity index is 1.70. The lowest BCUT2D eigenvalue weighted by molar-refractivity contribution is -0.143. The van der Waals surface area contributed by atoms with Crippen LogP contribution in [0.1, 0.15) is 49.5 Å². The van der Waals surface area contributed by atoms with Crippen molar-refractivity contribution >= 4 is 34.1 Å². The first-order chi connectivity index (χ1) is 16.3. The number of hydrogen-bond acceptors (Lipinski definition) is 7. The van der Waals surface area contributed by atoms with Crippen molar-refractivity contribution in [2.45, 2.75) is 45.1 Å². The Morgan fingerprint density at radius 1 is 1.15 bits per heavy atom. The van der Waals surface area contributed by atoms with Crippen molar-refractivity contribution < 1.29 is 18.7 Å². The number of allylic oxidation sites excluding steroid dienone is 3. The van der Waals surface area contributed by atoms with Crippen LogP contribution in [0.3, 0.4) is 0 Å². The van der Waals surface area contributed by atoms with Gasteiger partial charge >= 0.3 is 5.97 Å². The second-order valence-electron chi connectivity index (χ2n) is 9.00. The first-order valence-electron chi connectivity index (χ1n) is 11.3. The standard InChI is InChI=1S/C27H25NO5S/c1-14(2)33-27(31)23-15(3)28-19-11-16(22-9-6-10-34-22)12-20(29)25(19)24(23)18-13-32-21-8-5-4-7-17(21)26(18)30/h4-11,13-14,16,24-25,28H,12H2,1-3H3. The van der Waals surface area contributed by atoms with Gasteiger partial charge in [-0.15, -0.1) is 11.3 Å². The number of thiophene rings is 1. The fourth-order valence-electron chi connectivity index (χ4n) is 4.95. The second kappa shape index (κ2) is 8.72. The molecule has 3 heterocycles. The quantitative estimate of drug-likeness (QED) is 0.533. The van der Waals surface area contributed by atoms with E-state index >= 15 is 0 Å². The topological polar surface area (TPSA) is 85.6 Å². The van der Waals surface area contributed by atoms with E-state index in [4.69, 9.17) is 9.15 Å². The fourth-order valence-corrected chi connectivity index (χ4v) is 5.75. The molecule has 3 atom stereocenters. The molecular formula is C27H25NO5S. The lowest BCUT2D eigenvalue weighted by Gasteiger charge is -2.39. The van der Waals surface area contributed by atoms with Crippen molar-refractivity contribution in [3.8, 4) is 0 Å². The van der Waals surface area contributed by atoms with Gasteiger partial charge in [-0.05, 0) is 44.4 Å². The van der Waals surface area contributed by atoms with E-state index in [1.54, 1.807) is 56.4 Å². The van der Waals surface area contributed by atoms with E-state index in [9.17, 15) is 14.4 Å². The van der Waals surface area contributed by atoms with Gasteiger partial charge in [0.1, 0.15) is 11.4 Å². The lowest BCUT2D eigenvalue weighted by Crippen LogP contribution is -2.43. The van der Waals surface area contributed by atoms with Crippen LogP contribution in [0.5, 0.6) is 0 Å². The molecule has 2 aliphatic rings. The molecule has 0 saturated heterocycles. The average molecular weight is 476 g/mol. The molecule has 5 rings (SSSR count). The van der Waals surface area contributed by atoms with E-state index in [0.29, 0.717) is 34.4 Å². The van der Waals surface area contributed by atoms with Gasteiger partial charge in [0.25, 0.3) is 0 Å². The van der Waals surface area contributed by atoms with Gasteiger partial charge in [0.05, 0.1) is 29.2 Å². The number of carbonyl (C=O) groups is 2. The van der Waals surface area contributed by atoms with Crippen molar-refractivity contribution in [2.75, 3.05) is 0 Å². The molecule has 3 unspecified atom stereocenters. The fraction of sp³-hybridized carbons (Fsp3) is 0.296. The largest absolute Gasteiger partial charge is 0.464 e. The van der Waals surface area contributed by atoms with E-state index in [1.165, 1.54) is 6.26 Å². The van der Waals surface area contributed by atoms with Crippen LogP contribution in [0.2, 0.25) is 0 Å². The third-order valence-electron chi connectivity index (χ3n) is 6.38. The number of hydrogen-bond donors (Lipinski definition) is 1. The number of benzene rings is 1. The minimum Gasteiger partial charge on any atom is -0.464 e. The summed E-state index contributed by atoms with van der Waals surface area (Å²) in [4.78, 5) is 41.5. The van der Waals surface area contributed by atoms with E-state index in [2.05, 4.69) is 11.4 Å². The highest BCUT2D eigenvalue weighted by Gasteiger charge is 2.46. The number of carbonyl (C=O) groups excluding carboxylic acids is 2. The number of ketones is 1. The van der Waals surface area contributed by atoms with Crippen LogP contribution in [-0.2, 0) is 14.3 Å². The summed E-state index contributed by atoms with van der Waals surface area (Å²) in [5.41, 5.74) is 2.08. The number of ether oxygens (including phenoxy) is 1. The van der Waals surface area contributed by atoms with Gasteiger partial charge in [-0.2, -0.15) is 0 Å². The third kappa shape index (κ3) is 3.80. The number of para-hydroxylation sites is 1. The average Bonchev–Trinajstić information content (AvgIpc) is 3.33. The minimum atomic E-state index is -0.795. The van der Waals surface area contributed by atoms with Crippen LogP contribution < -0.4 is 10.7 Å². The molecule has 6 nitrogen and oxygen atoms in total. The molecule has 0 fully saturated rings. The summed E-state index contributed by atoms with van der Waals surface area (Å²) < 4.78 is 11.3. The maximum Gasteiger partial charge on any atom is 0.336 e. The molecule has 2 aromatic heterocycles. The Labute approximate surface area is 200 Å². The van der Waals surface area contributed by atoms with E-state index < -0.39 is 17.8 Å². The van der Waals surface area contributed by atoms with Crippen LogP contribution >= 0.6 is 11.3 Å².